The van der Waals surface area contributed by atoms with Gasteiger partial charge in [0.15, 0.2) is 6.29 Å². The lowest BCUT2D eigenvalue weighted by molar-refractivity contribution is 0.111. The summed E-state index contributed by atoms with van der Waals surface area (Å²) in [5, 5.41) is 0.504. The number of carbonyl (C=O) groups excluding carboxylic acids is 1. The summed E-state index contributed by atoms with van der Waals surface area (Å²) in [6.07, 6.45) is 0.649. The Hall–Kier alpha value is -0.410. The fraction of sp³-hybridized carbons (Fsp3) is 0. The molecule has 0 bridgehead atoms. The second kappa shape index (κ2) is 3.12. The Kier molecular flexibility index (Phi) is 2.40. The molecule has 0 fully saturated rings. The Morgan fingerprint density at radius 2 is 2.30 bits per heavy atom. The van der Waals surface area contributed by atoms with Crippen molar-refractivity contribution in [1.82, 2.24) is 4.98 Å². The molecule has 0 saturated heterocycles. The lowest BCUT2D eigenvalue weighted by Gasteiger charge is -1.92. The van der Waals surface area contributed by atoms with Gasteiger partial charge in [-0.1, -0.05) is 11.6 Å². The molecule has 0 spiro atoms. The molecule has 0 radical (unpaired) electrons. The average Bonchev–Trinajstić information content (AvgIpc) is 1.85. The molecule has 0 unspecified atom stereocenters. The number of halogens is 2. The molecule has 1 aromatic heterocycles. The van der Waals surface area contributed by atoms with Crippen LogP contribution >= 0.6 is 27.5 Å². The van der Waals surface area contributed by atoms with Gasteiger partial charge in [0.05, 0.1) is 0 Å². The van der Waals surface area contributed by atoms with E-state index in [4.69, 9.17) is 11.6 Å². The van der Waals surface area contributed by atoms with Gasteiger partial charge < -0.3 is 0 Å². The maximum atomic E-state index is 10.2. The molecule has 1 aromatic rings. The topological polar surface area (TPSA) is 30.0 Å². The van der Waals surface area contributed by atoms with E-state index in [0.717, 1.165) is 0 Å². The summed E-state index contributed by atoms with van der Waals surface area (Å²) >= 11 is 8.70. The van der Waals surface area contributed by atoms with Crippen molar-refractivity contribution < 1.29 is 4.79 Å². The highest BCUT2D eigenvalue weighted by atomic mass is 79.9. The first-order valence-corrected chi connectivity index (χ1v) is 3.68. The van der Waals surface area contributed by atoms with Gasteiger partial charge in [-0.25, -0.2) is 4.98 Å². The summed E-state index contributed by atoms with van der Waals surface area (Å²) in [5.41, 5.74) is 0.333. The monoisotopic (exact) mass is 219 g/mol. The quantitative estimate of drug-likeness (QED) is 0.537. The number of hydrogen-bond acceptors (Lipinski definition) is 2. The van der Waals surface area contributed by atoms with Crippen molar-refractivity contribution in [2.75, 3.05) is 0 Å². The number of nitrogens with zero attached hydrogens (tertiary/aromatic N) is 1. The summed E-state index contributed by atoms with van der Waals surface area (Å²) in [5.74, 6) is 0. The second-order valence-electron chi connectivity index (χ2n) is 1.65. The van der Waals surface area contributed by atoms with Crippen LogP contribution in [0.5, 0.6) is 0 Å². The zero-order valence-corrected chi connectivity index (χ0v) is 7.19. The highest BCUT2D eigenvalue weighted by molar-refractivity contribution is 9.10. The highest BCUT2D eigenvalue weighted by Gasteiger charge is 1.96. The number of rotatable bonds is 1. The first-order chi connectivity index (χ1) is 4.72. The summed E-state index contributed by atoms with van der Waals surface area (Å²) in [7, 11) is 0. The third-order valence-electron chi connectivity index (χ3n) is 0.899. The smallest absolute Gasteiger partial charge is 0.168 e. The van der Waals surface area contributed by atoms with Gasteiger partial charge in [-0.2, -0.15) is 0 Å². The molecule has 52 valence electrons. The summed E-state index contributed by atoms with van der Waals surface area (Å²) in [6, 6.07) is 3.12. The molecule has 0 atom stereocenters. The van der Waals surface area contributed by atoms with E-state index in [0.29, 0.717) is 21.6 Å². The van der Waals surface area contributed by atoms with Crippen LogP contribution in [0.15, 0.2) is 16.7 Å². The van der Waals surface area contributed by atoms with E-state index in [9.17, 15) is 4.79 Å². The summed E-state index contributed by atoms with van der Waals surface area (Å²) < 4.78 is 0.571. The van der Waals surface area contributed by atoms with E-state index in [1.807, 2.05) is 0 Å². The maximum absolute atomic E-state index is 10.2. The number of carbonyl (C=O) groups is 1. The Balaban J connectivity index is 3.18. The van der Waals surface area contributed by atoms with Crippen LogP contribution in [0.3, 0.4) is 0 Å². The molecule has 0 aliphatic carbocycles. The molecule has 1 rings (SSSR count). The van der Waals surface area contributed by atoms with Crippen LogP contribution in [-0.4, -0.2) is 11.3 Å². The van der Waals surface area contributed by atoms with Crippen LogP contribution < -0.4 is 0 Å². The Labute approximate surface area is 71.3 Å². The fourth-order valence-electron chi connectivity index (χ4n) is 0.545. The number of hydrogen-bond donors (Lipinski definition) is 0. The third-order valence-corrected chi connectivity index (χ3v) is 1.52. The van der Waals surface area contributed by atoms with E-state index >= 15 is 0 Å². The minimum absolute atomic E-state index is 0.333. The molecule has 4 heteroatoms. The van der Waals surface area contributed by atoms with Crippen LogP contribution in [0.1, 0.15) is 10.5 Å². The first kappa shape index (κ1) is 7.69. The van der Waals surface area contributed by atoms with Gasteiger partial charge in [-0.05, 0) is 28.1 Å². The molecule has 2 nitrogen and oxygen atoms in total. The van der Waals surface area contributed by atoms with Gasteiger partial charge in [0, 0.05) is 5.02 Å². The highest BCUT2D eigenvalue weighted by Crippen LogP contribution is 2.14. The maximum Gasteiger partial charge on any atom is 0.168 e. The average molecular weight is 220 g/mol. The molecule has 0 amide bonds. The standard InChI is InChI=1S/C6H3BrClNO/c7-6-2-4(8)1-5(3-10)9-6/h1-3H. The molecule has 10 heavy (non-hydrogen) atoms. The number of pyridine rings is 1. The Bertz CT molecular complexity index is 244. The third kappa shape index (κ3) is 1.78. The van der Waals surface area contributed by atoms with Gasteiger partial charge in [-0.3, -0.25) is 4.79 Å². The van der Waals surface area contributed by atoms with Crippen molar-refractivity contribution in [3.63, 3.8) is 0 Å². The van der Waals surface area contributed by atoms with E-state index in [2.05, 4.69) is 20.9 Å². The zero-order valence-electron chi connectivity index (χ0n) is 4.84. The Morgan fingerprint density at radius 3 is 2.80 bits per heavy atom. The van der Waals surface area contributed by atoms with Crippen molar-refractivity contribution in [2.45, 2.75) is 0 Å². The van der Waals surface area contributed by atoms with Gasteiger partial charge in [-0.15, -0.1) is 0 Å². The van der Waals surface area contributed by atoms with Crippen LogP contribution in [0, 0.1) is 0 Å². The molecule has 0 N–H and O–H groups in total. The summed E-state index contributed by atoms with van der Waals surface area (Å²) in [4.78, 5) is 14.0. The van der Waals surface area contributed by atoms with Crippen LogP contribution in [-0.2, 0) is 0 Å². The normalized spacial score (nSPS) is 9.40. The predicted molar refractivity (Wildman–Crippen MR) is 42.3 cm³/mol. The molecular weight excluding hydrogens is 217 g/mol. The van der Waals surface area contributed by atoms with Crippen molar-refractivity contribution in [1.29, 1.82) is 0 Å². The fourth-order valence-corrected chi connectivity index (χ4v) is 1.34. The minimum Gasteiger partial charge on any atom is -0.296 e. The lowest BCUT2D eigenvalue weighted by Crippen LogP contribution is -1.85. The molecule has 0 aliphatic rings. The largest absolute Gasteiger partial charge is 0.296 e. The number of aromatic nitrogens is 1. The van der Waals surface area contributed by atoms with E-state index < -0.39 is 0 Å². The minimum atomic E-state index is 0.333. The van der Waals surface area contributed by atoms with Gasteiger partial charge in [0.2, 0.25) is 0 Å². The summed E-state index contributed by atoms with van der Waals surface area (Å²) in [6.45, 7) is 0. The molecule has 0 aliphatic heterocycles. The second-order valence-corrected chi connectivity index (χ2v) is 2.90. The molecule has 1 heterocycles. The SMILES string of the molecule is O=Cc1cc(Cl)cc(Br)n1. The van der Waals surface area contributed by atoms with Crippen LogP contribution in [0.25, 0.3) is 0 Å². The van der Waals surface area contributed by atoms with Crippen LogP contribution in [0.2, 0.25) is 5.02 Å². The van der Waals surface area contributed by atoms with Gasteiger partial charge >= 0.3 is 0 Å². The van der Waals surface area contributed by atoms with Crippen LogP contribution in [0.4, 0.5) is 0 Å². The van der Waals surface area contributed by atoms with E-state index in [1.165, 1.54) is 6.07 Å². The van der Waals surface area contributed by atoms with Gasteiger partial charge in [0.25, 0.3) is 0 Å². The van der Waals surface area contributed by atoms with Crippen molar-refractivity contribution in [2.24, 2.45) is 0 Å². The van der Waals surface area contributed by atoms with E-state index in [1.54, 1.807) is 6.07 Å². The predicted octanol–water partition coefficient (Wildman–Crippen LogP) is 2.31. The molecule has 0 aromatic carbocycles. The Morgan fingerprint density at radius 1 is 1.60 bits per heavy atom. The molecular formula is C6H3BrClNO. The molecule has 0 saturated carbocycles. The van der Waals surface area contributed by atoms with Gasteiger partial charge in [0.1, 0.15) is 10.3 Å². The first-order valence-electron chi connectivity index (χ1n) is 2.50. The number of aldehydes is 1. The van der Waals surface area contributed by atoms with Crippen molar-refractivity contribution in [3.05, 3.63) is 27.5 Å². The van der Waals surface area contributed by atoms with Crippen molar-refractivity contribution >= 4 is 33.8 Å². The zero-order chi connectivity index (χ0) is 7.56. The van der Waals surface area contributed by atoms with Crippen molar-refractivity contribution in [3.8, 4) is 0 Å². The lowest BCUT2D eigenvalue weighted by atomic mass is 10.4. The van der Waals surface area contributed by atoms with E-state index in [-0.39, 0.29) is 0 Å².